The van der Waals surface area contributed by atoms with Gasteiger partial charge in [-0.25, -0.2) is 14.4 Å². The van der Waals surface area contributed by atoms with Crippen LogP contribution in [0.25, 0.3) is 6.08 Å². The van der Waals surface area contributed by atoms with E-state index in [9.17, 15) is 55.2 Å². The zero-order valence-electron chi connectivity index (χ0n) is 29.3. The number of benzene rings is 1. The van der Waals surface area contributed by atoms with Gasteiger partial charge in [-0.15, -0.1) is 0 Å². The van der Waals surface area contributed by atoms with Gasteiger partial charge in [0, 0.05) is 12.0 Å². The zero-order chi connectivity index (χ0) is 39.8. The number of rotatable bonds is 11. The molecule has 6 rings (SSSR count). The van der Waals surface area contributed by atoms with E-state index in [0.717, 1.165) is 12.3 Å². The molecule has 1 aliphatic carbocycles. The standard InChI is InChI=1S/C36H42O19/c1-15(50-23(39)8-5-16-3-6-17(7-4-16)51-34-29(44)27(42)25(40)21(12-37)52-34)19-11-36(55-32(19)47)10-9-18-20(31(46)48-2)14-49-33(24(18)36)54-35-30(45)28(43)26(41)22(13-38)53-35/h3-11,14-15,18,21-22,24-30,33-35,37-38,40-45H,12-13H2,1-2H3/t15-,18+,21+,22+,24+,25+,26+,27-,28-,29+,30+,33-,34+,35-,36+/m0/s1. The first kappa shape index (κ1) is 40.4. The van der Waals surface area contributed by atoms with E-state index < -0.39 is 122 Å². The van der Waals surface area contributed by atoms with Crippen molar-refractivity contribution in [2.45, 2.75) is 86.3 Å². The monoisotopic (exact) mass is 778 g/mol. The van der Waals surface area contributed by atoms with Crippen molar-refractivity contribution in [2.75, 3.05) is 20.3 Å². The normalized spacial score (nSPS) is 38.8. The van der Waals surface area contributed by atoms with Gasteiger partial charge in [0.05, 0.1) is 43.6 Å². The van der Waals surface area contributed by atoms with Crippen LogP contribution < -0.4 is 4.74 Å². The van der Waals surface area contributed by atoms with Crippen molar-refractivity contribution < 1.29 is 93.1 Å². The maximum Gasteiger partial charge on any atom is 0.338 e. The lowest BCUT2D eigenvalue weighted by Gasteiger charge is -2.44. The third-order valence-corrected chi connectivity index (χ3v) is 10.0. The number of aliphatic hydroxyl groups excluding tert-OH is 8. The Morgan fingerprint density at radius 3 is 2.11 bits per heavy atom. The van der Waals surface area contributed by atoms with Gasteiger partial charge >= 0.3 is 17.9 Å². The van der Waals surface area contributed by atoms with E-state index in [4.69, 9.17) is 37.9 Å². The summed E-state index contributed by atoms with van der Waals surface area (Å²) < 4.78 is 44.3. The van der Waals surface area contributed by atoms with Crippen LogP contribution in [0.15, 0.2) is 66.0 Å². The molecule has 1 aromatic rings. The predicted octanol–water partition coefficient (Wildman–Crippen LogP) is -2.94. The smallest absolute Gasteiger partial charge is 0.338 e. The van der Waals surface area contributed by atoms with Gasteiger partial charge in [-0.2, -0.15) is 0 Å². The Kier molecular flexibility index (Phi) is 12.1. The SMILES string of the molecule is COC(=O)C1=CO[C@@H](O[C@@H]2O[C@H](CO)[C@@H](O)[C@H](O)[C@H]2O)[C@H]2[C@@H]1C=C[C@@]21C=C([C@H](C)OC(=O)C=Cc2ccc(O[C@@H]3O[C@H](CO)[C@@H](O)[C@H](O)[C@H]3O)cc2)C(=O)O1. The summed E-state index contributed by atoms with van der Waals surface area (Å²) in [6.45, 7) is 0.110. The third-order valence-electron chi connectivity index (χ3n) is 10.0. The summed E-state index contributed by atoms with van der Waals surface area (Å²) in [5.41, 5.74) is -1.12. The number of hydrogen-bond acceptors (Lipinski definition) is 19. The molecule has 55 heavy (non-hydrogen) atoms. The first-order valence-corrected chi connectivity index (χ1v) is 17.2. The summed E-state index contributed by atoms with van der Waals surface area (Å²) in [6, 6.07) is 6.09. The number of carbonyl (C=O) groups excluding carboxylic acids is 3. The predicted molar refractivity (Wildman–Crippen MR) is 178 cm³/mol. The van der Waals surface area contributed by atoms with E-state index in [0.29, 0.717) is 5.56 Å². The number of ether oxygens (including phenoxy) is 8. The molecule has 5 aliphatic rings. The summed E-state index contributed by atoms with van der Waals surface area (Å²) in [7, 11) is 1.17. The maximum atomic E-state index is 13.3. The number of esters is 3. The lowest BCUT2D eigenvalue weighted by molar-refractivity contribution is -0.344. The van der Waals surface area contributed by atoms with Crippen LogP contribution in [0, 0.1) is 11.8 Å². The fourth-order valence-corrected chi connectivity index (χ4v) is 6.96. The zero-order valence-corrected chi connectivity index (χ0v) is 29.3. The van der Waals surface area contributed by atoms with Crippen LogP contribution in [0.4, 0.5) is 0 Å². The summed E-state index contributed by atoms with van der Waals surface area (Å²) in [5, 5.41) is 80.2. The van der Waals surface area contributed by atoms with E-state index in [1.165, 1.54) is 44.4 Å². The van der Waals surface area contributed by atoms with E-state index in [2.05, 4.69) is 0 Å². The lowest BCUT2D eigenvalue weighted by atomic mass is 9.78. The van der Waals surface area contributed by atoms with Gasteiger partial charge in [-0.1, -0.05) is 18.2 Å². The van der Waals surface area contributed by atoms with Crippen molar-refractivity contribution in [3.05, 3.63) is 71.5 Å². The number of methoxy groups -OCH3 is 1. The molecule has 8 N–H and O–H groups in total. The molecule has 1 aromatic carbocycles. The highest BCUT2D eigenvalue weighted by Gasteiger charge is 2.60. The van der Waals surface area contributed by atoms with Crippen LogP contribution in [0.3, 0.4) is 0 Å². The second-order valence-electron chi connectivity index (χ2n) is 13.5. The van der Waals surface area contributed by atoms with Crippen LogP contribution in [0.1, 0.15) is 12.5 Å². The van der Waals surface area contributed by atoms with Crippen molar-refractivity contribution in [3.8, 4) is 5.75 Å². The van der Waals surface area contributed by atoms with E-state index in [1.54, 1.807) is 18.2 Å². The van der Waals surface area contributed by atoms with Gasteiger partial charge in [-0.05, 0) is 42.8 Å². The van der Waals surface area contributed by atoms with Gasteiger partial charge < -0.3 is 78.7 Å². The Hall–Kier alpha value is -4.25. The molecule has 2 saturated heterocycles. The molecule has 0 amide bonds. The molecule has 4 aliphatic heterocycles. The van der Waals surface area contributed by atoms with Crippen molar-refractivity contribution in [1.29, 1.82) is 0 Å². The fourth-order valence-electron chi connectivity index (χ4n) is 6.96. The quantitative estimate of drug-likeness (QED) is 0.0483. The van der Waals surface area contributed by atoms with E-state index in [-0.39, 0.29) is 16.9 Å². The minimum Gasteiger partial charge on any atom is -0.471 e. The number of hydrogen-bond donors (Lipinski definition) is 8. The highest BCUT2D eigenvalue weighted by molar-refractivity contribution is 5.95. The maximum absolute atomic E-state index is 13.3. The second-order valence-corrected chi connectivity index (χ2v) is 13.5. The van der Waals surface area contributed by atoms with Crippen LogP contribution in [0.2, 0.25) is 0 Å². The largest absolute Gasteiger partial charge is 0.471 e. The van der Waals surface area contributed by atoms with Crippen molar-refractivity contribution >= 4 is 24.0 Å². The van der Waals surface area contributed by atoms with Crippen molar-refractivity contribution in [2.24, 2.45) is 11.8 Å². The van der Waals surface area contributed by atoms with Gasteiger partial charge in [-0.3, -0.25) is 0 Å². The minimum absolute atomic E-state index is 0.0465. The van der Waals surface area contributed by atoms with Crippen LogP contribution in [0.5, 0.6) is 5.75 Å². The molecule has 19 nitrogen and oxygen atoms in total. The Labute approximate surface area is 312 Å². The average Bonchev–Trinajstić information content (AvgIpc) is 3.73. The number of carbonyl (C=O) groups is 3. The first-order chi connectivity index (χ1) is 26.2. The second kappa shape index (κ2) is 16.5. The Bertz CT molecular complexity index is 1700. The molecule has 0 aromatic heterocycles. The first-order valence-electron chi connectivity index (χ1n) is 17.2. The Morgan fingerprint density at radius 2 is 1.49 bits per heavy atom. The van der Waals surface area contributed by atoms with E-state index in [1.807, 2.05) is 0 Å². The summed E-state index contributed by atoms with van der Waals surface area (Å²) in [6.07, 6.45) is -9.86. The molecular formula is C36H42O19. The molecule has 2 fully saturated rings. The van der Waals surface area contributed by atoms with Crippen LogP contribution >= 0.6 is 0 Å². The molecule has 0 radical (unpaired) electrons. The Balaban J connectivity index is 1.13. The highest BCUT2D eigenvalue weighted by Crippen LogP contribution is 2.51. The molecule has 300 valence electrons. The number of fused-ring (bicyclic) bond motifs is 2. The van der Waals surface area contributed by atoms with Crippen LogP contribution in [-0.2, 0) is 47.5 Å². The molecular weight excluding hydrogens is 736 g/mol. The summed E-state index contributed by atoms with van der Waals surface area (Å²) in [4.78, 5) is 38.8. The summed E-state index contributed by atoms with van der Waals surface area (Å²) in [5.74, 6) is -4.10. The molecule has 0 bridgehead atoms. The van der Waals surface area contributed by atoms with Crippen LogP contribution in [-0.4, -0.2) is 158 Å². The van der Waals surface area contributed by atoms with Crippen molar-refractivity contribution in [3.63, 3.8) is 0 Å². The topological polar surface area (TPSA) is 287 Å². The molecule has 1 spiro atoms. The molecule has 19 heteroatoms. The lowest BCUT2D eigenvalue weighted by Crippen LogP contribution is -2.60. The molecule has 0 unspecified atom stereocenters. The van der Waals surface area contributed by atoms with Crippen molar-refractivity contribution in [1.82, 2.24) is 0 Å². The van der Waals surface area contributed by atoms with Gasteiger partial charge in [0.1, 0.15) is 60.7 Å². The summed E-state index contributed by atoms with van der Waals surface area (Å²) >= 11 is 0. The van der Waals surface area contributed by atoms with Gasteiger partial charge in [0.2, 0.25) is 12.6 Å². The fraction of sp³-hybridized carbons (Fsp3) is 0.528. The van der Waals surface area contributed by atoms with Gasteiger partial charge in [0.15, 0.2) is 11.9 Å². The highest BCUT2D eigenvalue weighted by atomic mass is 16.8. The van der Waals surface area contributed by atoms with E-state index >= 15 is 0 Å². The van der Waals surface area contributed by atoms with Gasteiger partial charge in [0.25, 0.3) is 0 Å². The molecule has 0 saturated carbocycles. The Morgan fingerprint density at radius 1 is 0.873 bits per heavy atom. The number of aliphatic hydroxyl groups is 8. The number of allylic oxidation sites excluding steroid dienone is 1. The minimum atomic E-state index is -1.79. The third kappa shape index (κ3) is 7.91. The average molecular weight is 779 g/mol. The molecule has 15 atom stereocenters. The molecule has 4 heterocycles.